The molecule has 94 valence electrons. The van der Waals surface area contributed by atoms with Crippen LogP contribution in [-0.4, -0.2) is 19.5 Å². The Morgan fingerprint density at radius 2 is 2.12 bits per heavy atom. The van der Waals surface area contributed by atoms with Crippen molar-refractivity contribution < 1.29 is 13.6 Å². The molecule has 1 rings (SSSR count). The Kier molecular flexibility index (Phi) is 5.03. The van der Waals surface area contributed by atoms with Crippen LogP contribution in [0, 0.1) is 11.6 Å². The summed E-state index contributed by atoms with van der Waals surface area (Å²) in [6.45, 7) is 2.14. The molecule has 1 amide bonds. The van der Waals surface area contributed by atoms with Crippen LogP contribution in [0.15, 0.2) is 18.2 Å². The predicted octanol–water partition coefficient (Wildman–Crippen LogP) is 1.75. The van der Waals surface area contributed by atoms with Gasteiger partial charge in [0.15, 0.2) is 0 Å². The van der Waals surface area contributed by atoms with Gasteiger partial charge < -0.3 is 10.6 Å². The molecule has 3 nitrogen and oxygen atoms in total. The molecule has 0 aliphatic rings. The fraction of sp³-hybridized carbons (Fsp3) is 0.417. The maximum atomic E-state index is 13.4. The van der Waals surface area contributed by atoms with Gasteiger partial charge in [-0.2, -0.15) is 0 Å². The summed E-state index contributed by atoms with van der Waals surface area (Å²) in [6.07, 6.45) is 0.303. The van der Waals surface area contributed by atoms with Crippen molar-refractivity contribution in [2.24, 2.45) is 0 Å². The molecule has 1 aromatic rings. The van der Waals surface area contributed by atoms with Crippen molar-refractivity contribution in [3.05, 3.63) is 35.4 Å². The lowest BCUT2D eigenvalue weighted by molar-refractivity contribution is -0.120. The Hall–Kier alpha value is -1.49. The molecule has 1 aromatic carbocycles. The van der Waals surface area contributed by atoms with Gasteiger partial charge in [0.05, 0.1) is 0 Å². The van der Waals surface area contributed by atoms with E-state index in [4.69, 9.17) is 0 Å². The normalized spacial score (nSPS) is 12.2. The lowest BCUT2D eigenvalue weighted by Crippen LogP contribution is -2.27. The van der Waals surface area contributed by atoms with Crippen LogP contribution >= 0.6 is 0 Å². The number of carbonyl (C=O) groups is 1. The SMILES string of the molecule is CNC(=O)CCNC(C)c1cc(F)ccc1F. The van der Waals surface area contributed by atoms with E-state index in [2.05, 4.69) is 10.6 Å². The van der Waals surface area contributed by atoms with E-state index >= 15 is 0 Å². The summed E-state index contributed by atoms with van der Waals surface area (Å²) in [5.74, 6) is -1.02. The van der Waals surface area contributed by atoms with Crippen LogP contribution in [0.25, 0.3) is 0 Å². The highest BCUT2D eigenvalue weighted by atomic mass is 19.1. The molecule has 0 saturated heterocycles. The van der Waals surface area contributed by atoms with Crippen LogP contribution < -0.4 is 10.6 Å². The van der Waals surface area contributed by atoms with Gasteiger partial charge in [-0.3, -0.25) is 4.79 Å². The Bertz CT molecular complexity index is 396. The quantitative estimate of drug-likeness (QED) is 0.826. The lowest BCUT2D eigenvalue weighted by Gasteiger charge is -2.14. The minimum atomic E-state index is -0.471. The average molecular weight is 242 g/mol. The van der Waals surface area contributed by atoms with E-state index in [9.17, 15) is 13.6 Å². The molecule has 0 aliphatic carbocycles. The first-order valence-electron chi connectivity index (χ1n) is 5.43. The van der Waals surface area contributed by atoms with Gasteiger partial charge in [0.2, 0.25) is 5.91 Å². The number of nitrogens with one attached hydrogen (secondary N) is 2. The smallest absolute Gasteiger partial charge is 0.221 e. The molecule has 17 heavy (non-hydrogen) atoms. The minimum absolute atomic E-state index is 0.0931. The Labute approximate surface area is 99.2 Å². The van der Waals surface area contributed by atoms with Crippen molar-refractivity contribution in [2.75, 3.05) is 13.6 Å². The Balaban J connectivity index is 2.54. The van der Waals surface area contributed by atoms with Crippen LogP contribution in [0.2, 0.25) is 0 Å². The first-order chi connectivity index (χ1) is 8.04. The van der Waals surface area contributed by atoms with Gasteiger partial charge >= 0.3 is 0 Å². The van der Waals surface area contributed by atoms with Gasteiger partial charge in [0.25, 0.3) is 0 Å². The summed E-state index contributed by atoms with van der Waals surface area (Å²) in [5.41, 5.74) is 0.266. The van der Waals surface area contributed by atoms with E-state index in [1.165, 1.54) is 0 Å². The van der Waals surface area contributed by atoms with E-state index in [0.29, 0.717) is 13.0 Å². The van der Waals surface area contributed by atoms with Gasteiger partial charge in [-0.15, -0.1) is 0 Å². The second kappa shape index (κ2) is 6.30. The first-order valence-corrected chi connectivity index (χ1v) is 5.43. The molecule has 0 spiro atoms. The molecular formula is C12H16F2N2O. The van der Waals surface area contributed by atoms with E-state index in [-0.39, 0.29) is 17.5 Å². The maximum Gasteiger partial charge on any atom is 0.221 e. The number of benzene rings is 1. The fourth-order valence-electron chi connectivity index (χ4n) is 1.48. The average Bonchev–Trinajstić information content (AvgIpc) is 2.31. The van der Waals surface area contributed by atoms with Gasteiger partial charge in [-0.05, 0) is 25.1 Å². The number of hydrogen-bond donors (Lipinski definition) is 2. The zero-order valence-electron chi connectivity index (χ0n) is 9.89. The third-order valence-corrected chi connectivity index (χ3v) is 2.51. The third kappa shape index (κ3) is 4.11. The molecule has 0 aromatic heterocycles. The standard InChI is InChI=1S/C12H16F2N2O/c1-8(16-6-5-12(17)15-2)10-7-9(13)3-4-11(10)14/h3-4,7-8,16H,5-6H2,1-2H3,(H,15,17). The zero-order valence-corrected chi connectivity index (χ0v) is 9.89. The minimum Gasteiger partial charge on any atom is -0.359 e. The van der Waals surface area contributed by atoms with E-state index in [1.807, 2.05) is 0 Å². The predicted molar refractivity (Wildman–Crippen MR) is 61.5 cm³/mol. The molecule has 0 fully saturated rings. The van der Waals surface area contributed by atoms with Crippen LogP contribution in [0.4, 0.5) is 8.78 Å². The van der Waals surface area contributed by atoms with Crippen LogP contribution in [0.5, 0.6) is 0 Å². The third-order valence-electron chi connectivity index (χ3n) is 2.51. The Morgan fingerprint density at radius 3 is 2.76 bits per heavy atom. The monoisotopic (exact) mass is 242 g/mol. The van der Waals surface area contributed by atoms with Crippen LogP contribution in [0.3, 0.4) is 0 Å². The van der Waals surface area contributed by atoms with E-state index in [0.717, 1.165) is 18.2 Å². The number of rotatable bonds is 5. The van der Waals surface area contributed by atoms with Crippen molar-refractivity contribution in [1.82, 2.24) is 10.6 Å². The Morgan fingerprint density at radius 1 is 1.41 bits per heavy atom. The largest absolute Gasteiger partial charge is 0.359 e. The van der Waals surface area contributed by atoms with Crippen LogP contribution in [0.1, 0.15) is 24.9 Å². The number of carbonyl (C=O) groups excluding carboxylic acids is 1. The molecule has 0 bridgehead atoms. The molecular weight excluding hydrogens is 226 g/mol. The summed E-state index contributed by atoms with van der Waals surface area (Å²) in [6, 6.07) is 3.00. The molecule has 1 unspecified atom stereocenters. The summed E-state index contributed by atoms with van der Waals surface area (Å²) < 4.78 is 26.3. The number of hydrogen-bond acceptors (Lipinski definition) is 2. The van der Waals surface area contributed by atoms with Gasteiger partial charge in [0, 0.05) is 31.6 Å². The van der Waals surface area contributed by atoms with Gasteiger partial charge in [0.1, 0.15) is 11.6 Å². The van der Waals surface area contributed by atoms with Gasteiger partial charge in [-0.25, -0.2) is 8.78 Å². The van der Waals surface area contributed by atoms with Gasteiger partial charge in [-0.1, -0.05) is 0 Å². The molecule has 0 radical (unpaired) electrons. The molecule has 0 saturated carbocycles. The van der Waals surface area contributed by atoms with E-state index in [1.54, 1.807) is 14.0 Å². The summed E-state index contributed by atoms with van der Waals surface area (Å²) >= 11 is 0. The second-order valence-corrected chi connectivity index (χ2v) is 3.76. The van der Waals surface area contributed by atoms with Crippen molar-refractivity contribution in [3.8, 4) is 0 Å². The van der Waals surface area contributed by atoms with Crippen molar-refractivity contribution in [3.63, 3.8) is 0 Å². The fourth-order valence-corrected chi connectivity index (χ4v) is 1.48. The summed E-state index contributed by atoms with van der Waals surface area (Å²) in [7, 11) is 1.55. The molecule has 1 atom stereocenters. The number of halogens is 2. The lowest BCUT2D eigenvalue weighted by atomic mass is 10.1. The van der Waals surface area contributed by atoms with Crippen LogP contribution in [-0.2, 0) is 4.79 Å². The molecule has 0 heterocycles. The van der Waals surface area contributed by atoms with Crippen molar-refractivity contribution >= 4 is 5.91 Å². The second-order valence-electron chi connectivity index (χ2n) is 3.76. The molecule has 5 heteroatoms. The van der Waals surface area contributed by atoms with Crippen molar-refractivity contribution in [2.45, 2.75) is 19.4 Å². The highest BCUT2D eigenvalue weighted by Crippen LogP contribution is 2.17. The molecule has 0 aliphatic heterocycles. The maximum absolute atomic E-state index is 13.4. The van der Waals surface area contributed by atoms with Crippen molar-refractivity contribution in [1.29, 1.82) is 0 Å². The van der Waals surface area contributed by atoms with E-state index < -0.39 is 11.6 Å². The first kappa shape index (κ1) is 13.6. The summed E-state index contributed by atoms with van der Waals surface area (Å²) in [4.78, 5) is 11.0. The summed E-state index contributed by atoms with van der Waals surface area (Å²) in [5, 5.41) is 5.45. The highest BCUT2D eigenvalue weighted by Gasteiger charge is 2.11. The number of amides is 1. The topological polar surface area (TPSA) is 41.1 Å². The zero-order chi connectivity index (χ0) is 12.8. The molecule has 2 N–H and O–H groups in total. The highest BCUT2D eigenvalue weighted by molar-refractivity contribution is 5.75.